The Kier molecular flexibility index (Phi) is 15.5. The summed E-state index contributed by atoms with van der Waals surface area (Å²) < 4.78 is 18.6. The third-order valence-corrected chi connectivity index (χ3v) is 7.25. The maximum atomic E-state index is 12.9. The molecule has 2 fully saturated rings. The molecular weight excluding hydrogens is 452 g/mol. The highest BCUT2D eigenvalue weighted by atomic mass is 16.6. The van der Waals surface area contributed by atoms with Gasteiger partial charge in [0.15, 0.2) is 0 Å². The number of hydrogen-bond donors (Lipinski definition) is 1. The van der Waals surface area contributed by atoms with Gasteiger partial charge >= 0.3 is 5.97 Å². The van der Waals surface area contributed by atoms with Crippen LogP contribution in [0.2, 0.25) is 0 Å². The fraction of sp³-hybridized carbons (Fsp3) is 0.774. The first-order chi connectivity index (χ1) is 16.4. The van der Waals surface area contributed by atoms with Crippen LogP contribution in [0.25, 0.3) is 0 Å². The molecule has 0 aromatic rings. The average molecular weight is 507 g/mol. The van der Waals surface area contributed by atoms with Crippen molar-refractivity contribution in [3.8, 4) is 0 Å². The Morgan fingerprint density at radius 1 is 0.944 bits per heavy atom. The van der Waals surface area contributed by atoms with Gasteiger partial charge in [-0.15, -0.1) is 0 Å². The normalized spacial score (nSPS) is 37.1. The maximum absolute atomic E-state index is 12.9. The van der Waals surface area contributed by atoms with E-state index in [1.165, 1.54) is 19.3 Å². The summed E-state index contributed by atoms with van der Waals surface area (Å²) in [4.78, 5) is 12.9. The van der Waals surface area contributed by atoms with Crippen LogP contribution < -0.4 is 0 Å². The lowest BCUT2D eigenvalue weighted by atomic mass is 9.90. The summed E-state index contributed by atoms with van der Waals surface area (Å²) in [6, 6.07) is 0. The zero-order valence-electron chi connectivity index (χ0n) is 21.4. The van der Waals surface area contributed by atoms with E-state index in [1.807, 2.05) is 18.2 Å². The van der Waals surface area contributed by atoms with Crippen molar-refractivity contribution >= 4 is 5.97 Å². The monoisotopic (exact) mass is 506 g/mol. The summed E-state index contributed by atoms with van der Waals surface area (Å²) in [6.45, 7) is 6.52. The van der Waals surface area contributed by atoms with Crippen LogP contribution in [-0.2, 0) is 19.0 Å². The lowest BCUT2D eigenvalue weighted by molar-refractivity contribution is -0.161. The topological polar surface area (TPSA) is 65.0 Å². The number of hydrogen-bond acceptors (Lipinski definition) is 5. The number of cyclic esters (lactones) is 1. The van der Waals surface area contributed by atoms with E-state index < -0.39 is 6.10 Å². The molecule has 0 aromatic carbocycles. The maximum Gasteiger partial charge on any atom is 0.309 e. The quantitative estimate of drug-likeness (QED) is 0.183. The Morgan fingerprint density at radius 2 is 1.64 bits per heavy atom. The minimum absolute atomic E-state index is 0. The predicted octanol–water partition coefficient (Wildman–Crippen LogP) is 7.33. The first kappa shape index (κ1) is 32.6. The van der Waals surface area contributed by atoms with E-state index in [1.54, 1.807) is 0 Å². The van der Waals surface area contributed by atoms with E-state index in [4.69, 9.17) is 14.2 Å². The second-order valence-electron chi connectivity index (χ2n) is 10.6. The van der Waals surface area contributed by atoms with Crippen LogP contribution in [0, 0.1) is 11.8 Å². The summed E-state index contributed by atoms with van der Waals surface area (Å²) in [7, 11) is 0. The largest absolute Gasteiger partial charge is 0.457 e. The van der Waals surface area contributed by atoms with Crippen LogP contribution in [0.4, 0.5) is 0 Å². The number of ether oxygens (including phenoxy) is 3. The fourth-order valence-corrected chi connectivity index (χ4v) is 5.34. The van der Waals surface area contributed by atoms with E-state index in [0.29, 0.717) is 18.8 Å². The number of esters is 1. The summed E-state index contributed by atoms with van der Waals surface area (Å²) in [6.07, 6.45) is 21.7. The van der Waals surface area contributed by atoms with Crippen LogP contribution in [0.5, 0.6) is 0 Å². The first-order valence-corrected chi connectivity index (χ1v) is 13.6. The van der Waals surface area contributed by atoms with E-state index in [9.17, 15) is 9.90 Å². The van der Waals surface area contributed by atoms with E-state index in [2.05, 4.69) is 39.0 Å². The Balaban J connectivity index is 0.00000324. The molecule has 0 radical (unpaired) electrons. The Morgan fingerprint density at radius 3 is 2.39 bits per heavy atom. The van der Waals surface area contributed by atoms with Crippen molar-refractivity contribution in [1.82, 2.24) is 0 Å². The number of fused-ring (bicyclic) bond motifs is 4. The molecule has 3 aliphatic rings. The minimum atomic E-state index is -0.444. The summed E-state index contributed by atoms with van der Waals surface area (Å²) in [5.74, 6) is 0.188. The standard InChI is InChI=1S/C29H46O5.2CH4/c1-4-5-6-7-8-9-13-28-22(3)15-14-21(2)16-24-11-10-12-25(32-24)19-26-17-23(30)18-27(33-26)20-29(31)34-28;;/h7-9,13-15,21-28,30H,4-6,10-12,16-20H2,1-3H3;2*1H4/b8-7?,13-9+,15-14+;;/t21-,22-,23+,24+,25?,26+,27?,28?;;/m0../s1. The SMILES string of the molecule is C.C.CCCCC=C/C=C/C1OC(=O)CC2C[C@H](O)C[C@H](CC3CCC[C@H](C[C@@H](C)/C=C/[C@@H]1C)O3)O2. The molecule has 0 spiro atoms. The van der Waals surface area contributed by atoms with Gasteiger partial charge in [-0.2, -0.15) is 0 Å². The van der Waals surface area contributed by atoms with Crippen molar-refractivity contribution in [1.29, 1.82) is 0 Å². The summed E-state index contributed by atoms with van der Waals surface area (Å²) in [5.41, 5.74) is 0. The van der Waals surface area contributed by atoms with Crippen molar-refractivity contribution in [2.24, 2.45) is 11.8 Å². The highest BCUT2D eigenvalue weighted by Crippen LogP contribution is 2.31. The molecule has 0 saturated carbocycles. The Labute approximate surface area is 221 Å². The number of carbonyl (C=O) groups excluding carboxylic acids is 1. The molecule has 1 N–H and O–H groups in total. The van der Waals surface area contributed by atoms with Crippen molar-refractivity contribution < 1.29 is 24.1 Å². The third kappa shape index (κ3) is 11.3. The number of aliphatic hydroxyl groups is 1. The molecule has 208 valence electrons. The van der Waals surface area contributed by atoms with E-state index in [-0.39, 0.29) is 63.7 Å². The zero-order valence-corrected chi connectivity index (χ0v) is 21.4. The molecule has 3 unspecified atom stereocenters. The summed E-state index contributed by atoms with van der Waals surface area (Å²) in [5, 5.41) is 10.4. The Hall–Kier alpha value is -1.43. The minimum Gasteiger partial charge on any atom is -0.457 e. The van der Waals surface area contributed by atoms with E-state index in [0.717, 1.165) is 32.1 Å². The summed E-state index contributed by atoms with van der Waals surface area (Å²) >= 11 is 0. The first-order valence-electron chi connectivity index (χ1n) is 13.6. The Bertz CT molecular complexity index is 699. The zero-order chi connectivity index (χ0) is 24.3. The molecule has 8 atom stereocenters. The number of unbranched alkanes of at least 4 members (excludes halogenated alkanes) is 2. The molecule has 5 nitrogen and oxygen atoms in total. The van der Waals surface area contributed by atoms with Gasteiger partial charge in [-0.05, 0) is 56.9 Å². The molecule has 36 heavy (non-hydrogen) atoms. The molecule has 4 bridgehead atoms. The molecule has 0 aliphatic carbocycles. The molecular formula is C31H54O5. The van der Waals surface area contributed by atoms with Crippen molar-refractivity contribution in [3.05, 3.63) is 36.5 Å². The molecule has 3 rings (SSSR count). The number of carbonyl (C=O) groups is 1. The van der Waals surface area contributed by atoms with Crippen LogP contribution in [0.15, 0.2) is 36.5 Å². The fourth-order valence-electron chi connectivity index (χ4n) is 5.34. The van der Waals surface area contributed by atoms with Crippen LogP contribution in [0.1, 0.15) is 106 Å². The van der Waals surface area contributed by atoms with Crippen LogP contribution in [-0.4, -0.2) is 47.7 Å². The molecule has 3 heterocycles. The lowest BCUT2D eigenvalue weighted by Gasteiger charge is -2.37. The van der Waals surface area contributed by atoms with Crippen LogP contribution >= 0.6 is 0 Å². The second kappa shape index (κ2) is 17.1. The van der Waals surface area contributed by atoms with Gasteiger partial charge in [0.05, 0.1) is 36.9 Å². The molecule has 0 amide bonds. The highest BCUT2D eigenvalue weighted by Gasteiger charge is 2.34. The van der Waals surface area contributed by atoms with Gasteiger partial charge in [0.25, 0.3) is 0 Å². The van der Waals surface area contributed by atoms with Gasteiger partial charge in [0, 0.05) is 12.3 Å². The number of allylic oxidation sites excluding steroid dienone is 4. The van der Waals surface area contributed by atoms with Crippen molar-refractivity contribution in [3.63, 3.8) is 0 Å². The van der Waals surface area contributed by atoms with Gasteiger partial charge in [-0.3, -0.25) is 4.79 Å². The van der Waals surface area contributed by atoms with Gasteiger partial charge in [0.1, 0.15) is 6.10 Å². The van der Waals surface area contributed by atoms with Crippen molar-refractivity contribution in [2.45, 2.75) is 143 Å². The molecule has 0 aromatic heterocycles. The predicted molar refractivity (Wildman–Crippen MR) is 149 cm³/mol. The van der Waals surface area contributed by atoms with Gasteiger partial charge < -0.3 is 19.3 Å². The van der Waals surface area contributed by atoms with Crippen LogP contribution in [0.3, 0.4) is 0 Å². The van der Waals surface area contributed by atoms with Gasteiger partial charge in [0.2, 0.25) is 0 Å². The van der Waals surface area contributed by atoms with Gasteiger partial charge in [-0.25, -0.2) is 0 Å². The van der Waals surface area contributed by atoms with Crippen molar-refractivity contribution in [2.75, 3.05) is 0 Å². The van der Waals surface area contributed by atoms with E-state index >= 15 is 0 Å². The third-order valence-electron chi connectivity index (χ3n) is 7.25. The second-order valence-corrected chi connectivity index (χ2v) is 10.6. The number of aliphatic hydroxyl groups excluding tert-OH is 1. The molecule has 5 heteroatoms. The lowest BCUT2D eigenvalue weighted by Crippen LogP contribution is -2.40. The molecule has 2 saturated heterocycles. The highest BCUT2D eigenvalue weighted by molar-refractivity contribution is 5.70. The smallest absolute Gasteiger partial charge is 0.309 e. The van der Waals surface area contributed by atoms with Gasteiger partial charge in [-0.1, -0.05) is 78.8 Å². The average Bonchev–Trinajstić information content (AvgIpc) is 2.78. The molecule has 3 aliphatic heterocycles. The number of rotatable bonds is 5.